The fourth-order valence-electron chi connectivity index (χ4n) is 5.47. The molecule has 3 heterocycles. The zero-order valence-electron chi connectivity index (χ0n) is 23.2. The largest absolute Gasteiger partial charge is 0.478 e. The van der Waals surface area contributed by atoms with E-state index in [2.05, 4.69) is 31.2 Å². The lowest BCUT2D eigenvalue weighted by molar-refractivity contribution is -0.119. The lowest BCUT2D eigenvalue weighted by Gasteiger charge is -2.29. The Kier molecular flexibility index (Phi) is 7.87. The number of carboxylic acids is 1. The van der Waals surface area contributed by atoms with Gasteiger partial charge >= 0.3 is 5.97 Å². The first-order valence-electron chi connectivity index (χ1n) is 13.1. The van der Waals surface area contributed by atoms with Crippen LogP contribution in [0.25, 0.3) is 5.69 Å². The summed E-state index contributed by atoms with van der Waals surface area (Å²) in [5.74, 6) is -1.20. The first-order valence-corrected chi connectivity index (χ1v) is 13.5. The highest BCUT2D eigenvalue weighted by Crippen LogP contribution is 2.44. The van der Waals surface area contributed by atoms with E-state index in [4.69, 9.17) is 17.0 Å². The number of carboxylic acid groups (broad SMARTS) is 1. The van der Waals surface area contributed by atoms with Gasteiger partial charge in [-0.25, -0.2) is 4.79 Å². The van der Waals surface area contributed by atoms with E-state index in [-0.39, 0.29) is 30.2 Å². The van der Waals surface area contributed by atoms with Gasteiger partial charge < -0.3 is 29.9 Å². The van der Waals surface area contributed by atoms with Gasteiger partial charge in [0.05, 0.1) is 23.3 Å². The molecule has 9 nitrogen and oxygen atoms in total. The Morgan fingerprint density at radius 2 is 1.85 bits per heavy atom. The van der Waals surface area contributed by atoms with E-state index in [1.165, 1.54) is 7.11 Å². The van der Waals surface area contributed by atoms with Crippen LogP contribution in [0.15, 0.2) is 72.9 Å². The van der Waals surface area contributed by atoms with Crippen LogP contribution in [-0.4, -0.2) is 45.4 Å². The molecule has 41 heavy (non-hydrogen) atoms. The van der Waals surface area contributed by atoms with Crippen molar-refractivity contribution >= 4 is 40.6 Å². The molecule has 1 saturated heterocycles. The Morgan fingerprint density at radius 1 is 1.05 bits per heavy atom. The third-order valence-electron chi connectivity index (χ3n) is 7.28. The van der Waals surface area contributed by atoms with E-state index < -0.39 is 5.97 Å². The van der Waals surface area contributed by atoms with Gasteiger partial charge in [-0.3, -0.25) is 9.78 Å². The molecule has 2 atom stereocenters. The second-order valence-electron chi connectivity index (χ2n) is 9.99. The molecule has 1 aliphatic rings. The number of aryl methyl sites for hydroxylation is 2. The van der Waals surface area contributed by atoms with Crippen LogP contribution < -0.4 is 15.5 Å². The van der Waals surface area contributed by atoms with Gasteiger partial charge in [0.1, 0.15) is 6.61 Å². The van der Waals surface area contributed by atoms with E-state index >= 15 is 0 Å². The van der Waals surface area contributed by atoms with E-state index in [1.54, 1.807) is 24.4 Å². The molecule has 0 unspecified atom stereocenters. The summed E-state index contributed by atoms with van der Waals surface area (Å²) in [4.78, 5) is 30.5. The van der Waals surface area contributed by atoms with Gasteiger partial charge in [-0.15, -0.1) is 0 Å². The first kappa shape index (κ1) is 28.0. The van der Waals surface area contributed by atoms with Crippen molar-refractivity contribution in [2.75, 3.05) is 23.9 Å². The molecule has 1 fully saturated rings. The Labute approximate surface area is 243 Å². The molecular formula is C31H31N5O4S. The van der Waals surface area contributed by atoms with E-state index in [9.17, 15) is 14.7 Å². The number of aromatic nitrogens is 2. The van der Waals surface area contributed by atoms with Crippen LogP contribution in [0.3, 0.4) is 0 Å². The zero-order chi connectivity index (χ0) is 29.3. The number of hydrogen-bond acceptors (Lipinski definition) is 5. The highest BCUT2D eigenvalue weighted by atomic mass is 32.1. The average molecular weight is 570 g/mol. The number of methoxy groups -OCH3 is 1. The van der Waals surface area contributed by atoms with Gasteiger partial charge in [0.2, 0.25) is 5.91 Å². The molecule has 2 aromatic carbocycles. The first-order chi connectivity index (χ1) is 19.7. The fraction of sp³-hybridized carbons (Fsp3) is 0.226. The van der Waals surface area contributed by atoms with Gasteiger partial charge in [-0.2, -0.15) is 0 Å². The molecule has 1 aliphatic heterocycles. The smallest absolute Gasteiger partial charge is 0.335 e. The topological polar surface area (TPSA) is 109 Å². The van der Waals surface area contributed by atoms with Gasteiger partial charge in [-0.1, -0.05) is 12.1 Å². The molecule has 210 valence electrons. The third-order valence-corrected chi connectivity index (χ3v) is 7.59. The summed E-state index contributed by atoms with van der Waals surface area (Å²) >= 11 is 5.91. The Balaban J connectivity index is 1.61. The van der Waals surface area contributed by atoms with Crippen LogP contribution in [-0.2, 0) is 9.53 Å². The van der Waals surface area contributed by atoms with Gasteiger partial charge in [0.15, 0.2) is 5.11 Å². The Hall–Kier alpha value is -4.54. The SMILES string of the molecule is COCC(=O)Nc1ccc(N2C(=S)N[C@@H](c3ccccn3)[C@@H]2c2cc(C)n(-c3cccc(C(=O)O)c3)c2C)cc1C. The zero-order valence-corrected chi connectivity index (χ0v) is 24.0. The summed E-state index contributed by atoms with van der Waals surface area (Å²) in [6.07, 6.45) is 1.77. The van der Waals surface area contributed by atoms with Crippen molar-refractivity contribution in [1.29, 1.82) is 0 Å². The summed E-state index contributed by atoms with van der Waals surface area (Å²) in [6.45, 7) is 5.95. The number of ether oxygens (including phenoxy) is 1. The summed E-state index contributed by atoms with van der Waals surface area (Å²) < 4.78 is 7.01. The number of aromatic carboxylic acids is 1. The summed E-state index contributed by atoms with van der Waals surface area (Å²) in [6, 6.07) is 20.2. The van der Waals surface area contributed by atoms with Crippen molar-refractivity contribution < 1.29 is 19.4 Å². The number of carbonyl (C=O) groups is 2. The second-order valence-corrected chi connectivity index (χ2v) is 10.4. The van der Waals surface area contributed by atoms with Crippen LogP contribution in [0.2, 0.25) is 0 Å². The monoisotopic (exact) mass is 569 g/mol. The van der Waals surface area contributed by atoms with Crippen molar-refractivity contribution in [2.24, 2.45) is 0 Å². The molecule has 0 saturated carbocycles. The number of hydrogen-bond donors (Lipinski definition) is 3. The molecule has 0 radical (unpaired) electrons. The summed E-state index contributed by atoms with van der Waals surface area (Å²) in [5, 5.41) is 16.5. The van der Waals surface area contributed by atoms with Crippen LogP contribution in [0, 0.1) is 20.8 Å². The number of pyridine rings is 1. The molecule has 0 spiro atoms. The number of nitrogens with zero attached hydrogens (tertiary/aromatic N) is 3. The molecule has 0 bridgehead atoms. The number of benzene rings is 2. The van der Waals surface area contributed by atoms with Gasteiger partial charge in [0, 0.05) is 41.8 Å². The van der Waals surface area contributed by atoms with E-state index in [0.29, 0.717) is 10.8 Å². The van der Waals surface area contributed by atoms with Crippen LogP contribution in [0.5, 0.6) is 0 Å². The average Bonchev–Trinajstić information content (AvgIpc) is 3.45. The standard InChI is InChI=1S/C31H31N5O4S/c1-18-14-23(11-12-25(18)33-27(37)17-40-4)36-29(28(34-31(36)41)26-10-5-6-13-32-26)24-15-19(2)35(20(24)3)22-9-7-8-21(16-22)30(38)39/h5-16,28-29H,17H2,1-4H3,(H,33,37)(H,34,41)(H,38,39)/t28-,29-/m0/s1. The molecule has 0 aliphatic carbocycles. The summed E-state index contributed by atoms with van der Waals surface area (Å²) in [5.41, 5.74) is 7.24. The number of thiocarbonyl (C=S) groups is 1. The molecule has 5 rings (SSSR count). The molecule has 10 heteroatoms. The molecule has 1 amide bonds. The maximum Gasteiger partial charge on any atom is 0.335 e. The number of rotatable bonds is 8. The minimum atomic E-state index is -0.974. The number of carbonyl (C=O) groups excluding carboxylic acids is 1. The van der Waals surface area contributed by atoms with E-state index in [1.807, 2.05) is 63.2 Å². The maximum atomic E-state index is 12.1. The second kappa shape index (κ2) is 11.5. The lowest BCUT2D eigenvalue weighted by atomic mass is 9.96. The molecule has 3 N–H and O–H groups in total. The Morgan fingerprint density at radius 3 is 2.54 bits per heavy atom. The number of amides is 1. The van der Waals surface area contributed by atoms with Gasteiger partial charge in [0.25, 0.3) is 0 Å². The number of nitrogens with one attached hydrogen (secondary N) is 2. The Bertz CT molecular complexity index is 1630. The van der Waals surface area contributed by atoms with Crippen LogP contribution in [0.4, 0.5) is 11.4 Å². The van der Waals surface area contributed by atoms with Crippen molar-refractivity contribution in [1.82, 2.24) is 14.9 Å². The van der Waals surface area contributed by atoms with Crippen molar-refractivity contribution in [3.8, 4) is 5.69 Å². The maximum absolute atomic E-state index is 12.1. The van der Waals surface area contributed by atoms with Gasteiger partial charge in [-0.05, 0) is 98.7 Å². The highest BCUT2D eigenvalue weighted by molar-refractivity contribution is 7.80. The van der Waals surface area contributed by atoms with Crippen molar-refractivity contribution in [3.63, 3.8) is 0 Å². The predicted octanol–water partition coefficient (Wildman–Crippen LogP) is 5.26. The van der Waals surface area contributed by atoms with Crippen molar-refractivity contribution in [2.45, 2.75) is 32.9 Å². The quantitative estimate of drug-likeness (QED) is 0.247. The van der Waals surface area contributed by atoms with Crippen LogP contribution in [0.1, 0.15) is 50.7 Å². The minimum absolute atomic E-state index is 0.0276. The van der Waals surface area contributed by atoms with E-state index in [0.717, 1.165) is 39.6 Å². The minimum Gasteiger partial charge on any atom is -0.478 e. The lowest BCUT2D eigenvalue weighted by Crippen LogP contribution is -2.29. The normalized spacial score (nSPS) is 16.5. The fourth-order valence-corrected chi connectivity index (χ4v) is 5.81. The van der Waals surface area contributed by atoms with Crippen molar-refractivity contribution in [3.05, 3.63) is 107 Å². The molecule has 2 aromatic heterocycles. The summed E-state index contributed by atoms with van der Waals surface area (Å²) in [7, 11) is 1.48. The molecular weight excluding hydrogens is 538 g/mol. The highest BCUT2D eigenvalue weighted by Gasteiger charge is 2.42. The molecule has 4 aromatic rings. The predicted molar refractivity (Wildman–Crippen MR) is 162 cm³/mol. The third kappa shape index (κ3) is 5.44. The number of anilines is 2. The van der Waals surface area contributed by atoms with Crippen LogP contribution >= 0.6 is 12.2 Å².